The topological polar surface area (TPSA) is 38.2 Å². The van der Waals surface area contributed by atoms with Gasteiger partial charge in [0.05, 0.1) is 23.7 Å². The van der Waals surface area contributed by atoms with Gasteiger partial charge in [0, 0.05) is 24.1 Å². The molecule has 0 spiro atoms. The number of thioether (sulfide) groups is 1. The maximum atomic E-state index is 13.2. The highest BCUT2D eigenvalue weighted by atomic mass is 35.5. The molecule has 2 fully saturated rings. The SMILES string of the molecule is Fc1ccc(SC2(c3cc(N4CCOCC4)nc(Cl)n3)CCC2)cc1. The minimum Gasteiger partial charge on any atom is -0.378 e. The van der Waals surface area contributed by atoms with Gasteiger partial charge in [-0.05, 0) is 55.1 Å². The molecule has 0 N–H and O–H groups in total. The number of nitrogens with zero attached hydrogens (tertiary/aromatic N) is 3. The van der Waals surface area contributed by atoms with Crippen LogP contribution in [-0.4, -0.2) is 36.3 Å². The molecule has 132 valence electrons. The minimum atomic E-state index is -0.216. The first-order valence-corrected chi connectivity index (χ1v) is 9.66. The highest BCUT2D eigenvalue weighted by Gasteiger charge is 2.42. The molecule has 1 saturated heterocycles. The zero-order valence-corrected chi connectivity index (χ0v) is 15.3. The average Bonchev–Trinajstić information content (AvgIpc) is 2.60. The number of ether oxygens (including phenoxy) is 1. The van der Waals surface area contributed by atoms with Crippen molar-refractivity contribution >= 4 is 29.2 Å². The molecule has 2 heterocycles. The predicted molar refractivity (Wildman–Crippen MR) is 97.9 cm³/mol. The number of rotatable bonds is 4. The van der Waals surface area contributed by atoms with Gasteiger partial charge >= 0.3 is 0 Å². The van der Waals surface area contributed by atoms with Gasteiger partial charge in [0.15, 0.2) is 0 Å². The van der Waals surface area contributed by atoms with Crippen LogP contribution in [0.3, 0.4) is 0 Å². The van der Waals surface area contributed by atoms with Crippen molar-refractivity contribution in [1.82, 2.24) is 9.97 Å². The van der Waals surface area contributed by atoms with E-state index in [9.17, 15) is 4.39 Å². The first kappa shape index (κ1) is 17.1. The summed E-state index contributed by atoms with van der Waals surface area (Å²) in [4.78, 5) is 12.2. The largest absolute Gasteiger partial charge is 0.378 e. The number of anilines is 1. The van der Waals surface area contributed by atoms with E-state index in [2.05, 4.69) is 20.9 Å². The molecule has 7 heteroatoms. The number of aromatic nitrogens is 2. The average molecular weight is 380 g/mol. The zero-order chi connectivity index (χ0) is 17.3. The quantitative estimate of drug-likeness (QED) is 0.741. The van der Waals surface area contributed by atoms with E-state index in [0.29, 0.717) is 13.2 Å². The van der Waals surface area contributed by atoms with Crippen LogP contribution in [0.15, 0.2) is 35.2 Å². The van der Waals surface area contributed by atoms with Gasteiger partial charge in [0.1, 0.15) is 11.6 Å². The Labute approximate surface area is 155 Å². The van der Waals surface area contributed by atoms with Crippen molar-refractivity contribution in [2.24, 2.45) is 0 Å². The van der Waals surface area contributed by atoms with Gasteiger partial charge in [-0.2, -0.15) is 0 Å². The number of halogens is 2. The summed E-state index contributed by atoms with van der Waals surface area (Å²) in [6, 6.07) is 8.71. The maximum absolute atomic E-state index is 13.2. The van der Waals surface area contributed by atoms with Crippen molar-refractivity contribution in [2.45, 2.75) is 28.9 Å². The lowest BCUT2D eigenvalue weighted by Gasteiger charge is -2.41. The van der Waals surface area contributed by atoms with Crippen LogP contribution in [0.5, 0.6) is 0 Å². The molecule has 1 aromatic carbocycles. The van der Waals surface area contributed by atoms with Crippen molar-refractivity contribution in [3.63, 3.8) is 0 Å². The van der Waals surface area contributed by atoms with E-state index in [0.717, 1.165) is 48.8 Å². The van der Waals surface area contributed by atoms with Crippen molar-refractivity contribution in [3.05, 3.63) is 47.1 Å². The third kappa shape index (κ3) is 3.61. The van der Waals surface area contributed by atoms with E-state index in [1.165, 1.54) is 12.1 Å². The molecule has 0 amide bonds. The normalized spacial score (nSPS) is 19.5. The molecular formula is C18H19ClFN3OS. The second kappa shape index (κ2) is 7.09. The predicted octanol–water partition coefficient (Wildman–Crippen LogP) is 4.28. The first-order chi connectivity index (χ1) is 12.1. The molecular weight excluding hydrogens is 361 g/mol. The molecule has 4 nitrogen and oxygen atoms in total. The number of benzene rings is 1. The van der Waals surface area contributed by atoms with E-state index in [4.69, 9.17) is 16.3 Å². The maximum Gasteiger partial charge on any atom is 0.224 e. The molecule has 1 saturated carbocycles. The fourth-order valence-electron chi connectivity index (χ4n) is 3.23. The fourth-order valence-corrected chi connectivity index (χ4v) is 4.83. The Morgan fingerprint density at radius 1 is 1.12 bits per heavy atom. The molecule has 1 aromatic heterocycles. The Morgan fingerprint density at radius 2 is 1.84 bits per heavy atom. The van der Waals surface area contributed by atoms with Crippen LogP contribution in [0.1, 0.15) is 25.0 Å². The molecule has 0 unspecified atom stereocenters. The van der Waals surface area contributed by atoms with Gasteiger partial charge < -0.3 is 9.64 Å². The van der Waals surface area contributed by atoms with Gasteiger partial charge in [0.25, 0.3) is 0 Å². The van der Waals surface area contributed by atoms with Crippen LogP contribution < -0.4 is 4.90 Å². The molecule has 4 rings (SSSR count). The van der Waals surface area contributed by atoms with Crippen LogP contribution >= 0.6 is 23.4 Å². The molecule has 0 atom stereocenters. The lowest BCUT2D eigenvalue weighted by molar-refractivity contribution is 0.122. The summed E-state index contributed by atoms with van der Waals surface area (Å²) in [6.45, 7) is 3.02. The Bertz CT molecular complexity index is 748. The van der Waals surface area contributed by atoms with E-state index < -0.39 is 0 Å². The summed E-state index contributed by atoms with van der Waals surface area (Å²) in [6.07, 6.45) is 3.22. The Hall–Kier alpha value is -1.37. The zero-order valence-electron chi connectivity index (χ0n) is 13.8. The molecule has 2 aliphatic rings. The monoisotopic (exact) mass is 379 g/mol. The van der Waals surface area contributed by atoms with Crippen molar-refractivity contribution in [3.8, 4) is 0 Å². The molecule has 25 heavy (non-hydrogen) atoms. The van der Waals surface area contributed by atoms with Gasteiger partial charge in [-0.3, -0.25) is 0 Å². The standard InChI is InChI=1S/C18H19ClFN3OS/c19-17-21-15(12-16(22-17)23-8-10-24-11-9-23)18(6-1-7-18)25-14-4-2-13(20)3-5-14/h2-5,12H,1,6-11H2. The van der Waals surface area contributed by atoms with Crippen LogP contribution in [0.4, 0.5) is 10.2 Å². The van der Waals surface area contributed by atoms with Gasteiger partial charge in [-0.1, -0.05) is 0 Å². The van der Waals surface area contributed by atoms with Gasteiger partial charge in [0.2, 0.25) is 5.28 Å². The summed E-state index contributed by atoms with van der Waals surface area (Å²) < 4.78 is 18.5. The van der Waals surface area contributed by atoms with Crippen LogP contribution in [0.25, 0.3) is 0 Å². The second-order valence-electron chi connectivity index (χ2n) is 6.38. The van der Waals surface area contributed by atoms with Crippen LogP contribution in [0, 0.1) is 5.82 Å². The van der Waals surface area contributed by atoms with Crippen LogP contribution in [0.2, 0.25) is 5.28 Å². The summed E-state index contributed by atoms with van der Waals surface area (Å²) in [7, 11) is 0. The highest BCUT2D eigenvalue weighted by Crippen LogP contribution is 2.54. The summed E-state index contributed by atoms with van der Waals surface area (Å²) in [5.41, 5.74) is 0.967. The third-order valence-corrected chi connectivity index (χ3v) is 6.46. The van der Waals surface area contributed by atoms with Crippen molar-refractivity contribution in [2.75, 3.05) is 31.2 Å². The highest BCUT2D eigenvalue weighted by molar-refractivity contribution is 8.00. The lowest BCUT2D eigenvalue weighted by Crippen LogP contribution is -2.38. The van der Waals surface area contributed by atoms with E-state index >= 15 is 0 Å². The molecule has 0 radical (unpaired) electrons. The number of hydrogen-bond acceptors (Lipinski definition) is 5. The van der Waals surface area contributed by atoms with Crippen LogP contribution in [-0.2, 0) is 9.48 Å². The van der Waals surface area contributed by atoms with Gasteiger partial charge in [-0.15, -0.1) is 11.8 Å². The molecule has 1 aliphatic heterocycles. The lowest BCUT2D eigenvalue weighted by atomic mass is 9.81. The van der Waals surface area contributed by atoms with E-state index in [-0.39, 0.29) is 15.8 Å². The van der Waals surface area contributed by atoms with Gasteiger partial charge in [-0.25, -0.2) is 14.4 Å². The summed E-state index contributed by atoms with van der Waals surface area (Å²) in [5.74, 6) is 0.649. The summed E-state index contributed by atoms with van der Waals surface area (Å²) >= 11 is 7.99. The van der Waals surface area contributed by atoms with E-state index in [1.54, 1.807) is 11.8 Å². The Morgan fingerprint density at radius 3 is 2.48 bits per heavy atom. The van der Waals surface area contributed by atoms with Crippen molar-refractivity contribution in [1.29, 1.82) is 0 Å². The number of morpholine rings is 1. The third-order valence-electron chi connectivity index (χ3n) is 4.78. The minimum absolute atomic E-state index is 0.106. The second-order valence-corrected chi connectivity index (χ2v) is 8.18. The smallest absolute Gasteiger partial charge is 0.224 e. The Kier molecular flexibility index (Phi) is 4.84. The molecule has 2 aromatic rings. The first-order valence-electron chi connectivity index (χ1n) is 8.47. The molecule has 1 aliphatic carbocycles. The fraction of sp³-hybridized carbons (Fsp3) is 0.444. The van der Waals surface area contributed by atoms with E-state index in [1.807, 2.05) is 12.1 Å². The summed E-state index contributed by atoms with van der Waals surface area (Å²) in [5, 5.41) is 0.282. The molecule has 0 bridgehead atoms. The number of hydrogen-bond donors (Lipinski definition) is 0. The van der Waals surface area contributed by atoms with Crippen molar-refractivity contribution < 1.29 is 9.13 Å². The Balaban J connectivity index is 1.64.